The largest absolute Gasteiger partial charge is 0.477 e. The molecule has 9 nitrogen and oxygen atoms in total. The molecular formula is C23H21N5O4S2. The van der Waals surface area contributed by atoms with Gasteiger partial charge in [-0.25, -0.2) is 9.78 Å². The molecule has 2 aromatic carbocycles. The van der Waals surface area contributed by atoms with Gasteiger partial charge in [0.25, 0.3) is 5.91 Å². The number of aliphatic hydroxyl groups excluding tert-OH is 1. The van der Waals surface area contributed by atoms with E-state index in [2.05, 4.69) is 15.3 Å². The van der Waals surface area contributed by atoms with E-state index in [4.69, 9.17) is 16.6 Å². The molecule has 0 aliphatic heterocycles. The quantitative estimate of drug-likeness (QED) is 0.215. The van der Waals surface area contributed by atoms with Crippen LogP contribution in [0, 0.1) is 0 Å². The molecule has 5 aromatic rings. The SMILES string of the molecule is Nc1nc2ccc(NC(=O)C(O)C(N)c3ccccc3)cc2[nH]1.O=C(O)c1cc2sccc2s1. The van der Waals surface area contributed by atoms with E-state index in [1.807, 2.05) is 17.5 Å². The third-order valence-corrected chi connectivity index (χ3v) is 6.99. The molecule has 3 heterocycles. The highest BCUT2D eigenvalue weighted by Gasteiger charge is 2.24. The average molecular weight is 496 g/mol. The molecule has 0 aliphatic rings. The number of benzene rings is 2. The van der Waals surface area contributed by atoms with Crippen LogP contribution in [0.1, 0.15) is 21.3 Å². The van der Waals surface area contributed by atoms with E-state index in [0.29, 0.717) is 33.1 Å². The number of amides is 1. The number of nitrogen functional groups attached to an aromatic ring is 1. The van der Waals surface area contributed by atoms with Crippen LogP contribution in [0.15, 0.2) is 66.0 Å². The Kier molecular flexibility index (Phi) is 6.89. The Hall–Kier alpha value is -3.77. The van der Waals surface area contributed by atoms with Gasteiger partial charge in [0.1, 0.15) is 4.88 Å². The Labute approximate surface area is 201 Å². The number of imidazole rings is 1. The number of nitrogens with two attached hydrogens (primary N) is 2. The van der Waals surface area contributed by atoms with Crippen LogP contribution in [0.2, 0.25) is 0 Å². The fourth-order valence-corrected chi connectivity index (χ4v) is 5.16. The van der Waals surface area contributed by atoms with Gasteiger partial charge in [0.05, 0.1) is 17.1 Å². The summed E-state index contributed by atoms with van der Waals surface area (Å²) in [4.78, 5) is 30.0. The second-order valence-electron chi connectivity index (χ2n) is 7.29. The Morgan fingerprint density at radius 2 is 1.82 bits per heavy atom. The molecule has 0 fully saturated rings. The first-order valence-electron chi connectivity index (χ1n) is 10.1. The van der Waals surface area contributed by atoms with Crippen LogP contribution < -0.4 is 16.8 Å². The lowest BCUT2D eigenvalue weighted by molar-refractivity contribution is -0.125. The van der Waals surface area contributed by atoms with Crippen molar-refractivity contribution in [3.63, 3.8) is 0 Å². The van der Waals surface area contributed by atoms with Gasteiger partial charge in [-0.1, -0.05) is 30.3 Å². The molecule has 0 aliphatic carbocycles. The number of nitrogens with one attached hydrogen (secondary N) is 2. The number of carbonyl (C=O) groups is 2. The zero-order valence-corrected chi connectivity index (χ0v) is 19.3. The van der Waals surface area contributed by atoms with Crippen molar-refractivity contribution < 1.29 is 19.8 Å². The first-order chi connectivity index (χ1) is 16.3. The lowest BCUT2D eigenvalue weighted by Gasteiger charge is -2.18. The number of nitrogens with zero attached hydrogens (tertiary/aromatic N) is 1. The summed E-state index contributed by atoms with van der Waals surface area (Å²) in [7, 11) is 0. The molecule has 1 amide bonds. The molecule has 2 unspecified atom stereocenters. The summed E-state index contributed by atoms with van der Waals surface area (Å²) >= 11 is 2.90. The van der Waals surface area contributed by atoms with Gasteiger partial charge in [-0.2, -0.15) is 0 Å². The minimum absolute atomic E-state index is 0.301. The molecule has 0 saturated heterocycles. The summed E-state index contributed by atoms with van der Waals surface area (Å²) < 4.78 is 2.12. The third-order valence-electron chi connectivity index (χ3n) is 4.91. The van der Waals surface area contributed by atoms with Crippen LogP contribution >= 0.6 is 22.7 Å². The van der Waals surface area contributed by atoms with Crippen LogP contribution in [0.5, 0.6) is 0 Å². The predicted octanol–water partition coefficient (Wildman–Crippen LogP) is 3.81. The summed E-state index contributed by atoms with van der Waals surface area (Å²) in [6.07, 6.45) is -1.36. The molecular weight excluding hydrogens is 474 g/mol. The number of carboxylic acid groups (broad SMARTS) is 1. The summed E-state index contributed by atoms with van der Waals surface area (Å²) in [5.74, 6) is -1.11. The molecule has 34 heavy (non-hydrogen) atoms. The van der Waals surface area contributed by atoms with Crippen molar-refractivity contribution >= 4 is 66.6 Å². The molecule has 8 N–H and O–H groups in total. The highest BCUT2D eigenvalue weighted by atomic mass is 32.1. The average Bonchev–Trinajstić information content (AvgIpc) is 3.53. The molecule has 0 saturated carbocycles. The number of hydrogen-bond donors (Lipinski definition) is 6. The molecule has 174 valence electrons. The van der Waals surface area contributed by atoms with E-state index >= 15 is 0 Å². The van der Waals surface area contributed by atoms with Gasteiger partial charge in [-0.05, 0) is 41.3 Å². The molecule has 0 bridgehead atoms. The standard InChI is InChI=1S/C16H17N5O2.C7H4O2S2/c17-13(9-4-2-1-3-5-9)14(22)15(23)19-10-6-7-11-12(8-10)21-16(18)20-11;8-7(9)6-3-5-4(11-6)1-2-10-5/h1-8,13-14,22H,17H2,(H,19,23)(H3,18,20,21);1-3H,(H,8,9). The minimum atomic E-state index is -1.36. The number of aromatic amines is 1. The molecule has 5 rings (SSSR count). The van der Waals surface area contributed by atoms with Crippen molar-refractivity contribution in [1.29, 1.82) is 0 Å². The summed E-state index contributed by atoms with van der Waals surface area (Å²) in [6.45, 7) is 0. The smallest absolute Gasteiger partial charge is 0.345 e. The van der Waals surface area contributed by atoms with Crippen LogP contribution in [0.3, 0.4) is 0 Å². The normalized spacial score (nSPS) is 12.6. The first-order valence-corrected chi connectivity index (χ1v) is 11.8. The molecule has 0 spiro atoms. The number of thiophene rings is 2. The highest BCUT2D eigenvalue weighted by Crippen LogP contribution is 2.29. The maximum absolute atomic E-state index is 12.2. The second-order valence-corrected chi connectivity index (χ2v) is 9.32. The molecule has 3 aromatic heterocycles. The second kappa shape index (κ2) is 10.0. The van der Waals surface area contributed by atoms with E-state index in [9.17, 15) is 14.7 Å². The Morgan fingerprint density at radius 3 is 2.53 bits per heavy atom. The van der Waals surface area contributed by atoms with Crippen molar-refractivity contribution in [3.8, 4) is 0 Å². The van der Waals surface area contributed by atoms with Crippen molar-refractivity contribution in [3.05, 3.63) is 76.5 Å². The van der Waals surface area contributed by atoms with Gasteiger partial charge >= 0.3 is 5.97 Å². The van der Waals surface area contributed by atoms with Crippen molar-refractivity contribution in [2.45, 2.75) is 12.1 Å². The molecule has 11 heteroatoms. The number of rotatable bonds is 5. The number of H-pyrrole nitrogens is 1. The summed E-state index contributed by atoms with van der Waals surface area (Å²) in [5, 5.41) is 23.4. The Morgan fingerprint density at radius 1 is 1.06 bits per heavy atom. The minimum Gasteiger partial charge on any atom is -0.477 e. The topological polar surface area (TPSA) is 167 Å². The number of aliphatic hydroxyl groups is 1. The number of carboxylic acids is 1. The lowest BCUT2D eigenvalue weighted by atomic mass is 10.0. The van der Waals surface area contributed by atoms with E-state index in [-0.39, 0.29) is 0 Å². The maximum atomic E-state index is 12.2. The van der Waals surface area contributed by atoms with Gasteiger partial charge in [0.2, 0.25) is 0 Å². The number of anilines is 2. The van der Waals surface area contributed by atoms with Crippen molar-refractivity contribution in [1.82, 2.24) is 9.97 Å². The summed E-state index contributed by atoms with van der Waals surface area (Å²) in [5.41, 5.74) is 14.1. The third kappa shape index (κ3) is 5.24. The number of carbonyl (C=O) groups excluding carboxylic acids is 1. The lowest BCUT2D eigenvalue weighted by Crippen LogP contribution is -2.37. The highest BCUT2D eigenvalue weighted by molar-refractivity contribution is 7.27. The molecule has 2 atom stereocenters. The van der Waals surface area contributed by atoms with Gasteiger partial charge in [0.15, 0.2) is 12.1 Å². The van der Waals surface area contributed by atoms with Crippen molar-refractivity contribution in [2.75, 3.05) is 11.1 Å². The van der Waals surface area contributed by atoms with Gasteiger partial charge < -0.3 is 32.0 Å². The van der Waals surface area contributed by atoms with Crippen LogP contribution in [-0.2, 0) is 4.79 Å². The number of hydrogen-bond acceptors (Lipinski definition) is 8. The maximum Gasteiger partial charge on any atom is 0.345 e. The number of aromatic nitrogens is 2. The van der Waals surface area contributed by atoms with E-state index in [0.717, 1.165) is 9.40 Å². The van der Waals surface area contributed by atoms with Crippen LogP contribution in [0.25, 0.3) is 20.4 Å². The van der Waals surface area contributed by atoms with Gasteiger partial charge in [0, 0.05) is 15.1 Å². The van der Waals surface area contributed by atoms with Gasteiger partial charge in [-0.3, -0.25) is 4.79 Å². The van der Waals surface area contributed by atoms with Crippen LogP contribution in [-0.4, -0.2) is 38.2 Å². The number of aromatic carboxylic acids is 1. The Balaban J connectivity index is 0.000000207. The fourth-order valence-electron chi connectivity index (χ4n) is 3.22. The predicted molar refractivity (Wildman–Crippen MR) is 135 cm³/mol. The van der Waals surface area contributed by atoms with E-state index in [1.54, 1.807) is 59.9 Å². The number of fused-ring (bicyclic) bond motifs is 2. The van der Waals surface area contributed by atoms with Gasteiger partial charge in [-0.15, -0.1) is 22.7 Å². The monoisotopic (exact) mass is 495 g/mol. The summed E-state index contributed by atoms with van der Waals surface area (Å²) in [6, 6.07) is 16.9. The fraction of sp³-hybridized carbons (Fsp3) is 0.0870. The van der Waals surface area contributed by atoms with E-state index in [1.165, 1.54) is 11.3 Å². The molecule has 0 radical (unpaired) electrons. The van der Waals surface area contributed by atoms with Crippen molar-refractivity contribution in [2.24, 2.45) is 5.73 Å². The first kappa shape index (κ1) is 23.4. The van der Waals surface area contributed by atoms with Crippen LogP contribution in [0.4, 0.5) is 11.6 Å². The Bertz CT molecular complexity index is 1420. The van der Waals surface area contributed by atoms with E-state index < -0.39 is 24.0 Å². The zero-order chi connectivity index (χ0) is 24.2. The zero-order valence-electron chi connectivity index (χ0n) is 17.6.